The number of amides is 1. The van der Waals surface area contributed by atoms with E-state index in [0.29, 0.717) is 16.4 Å². The molecule has 2 aromatic carbocycles. The zero-order valence-corrected chi connectivity index (χ0v) is 15.8. The van der Waals surface area contributed by atoms with Gasteiger partial charge in [0.1, 0.15) is 12.0 Å². The Hall–Kier alpha value is -3.91. The molecular formula is C20H16ClN7O. The summed E-state index contributed by atoms with van der Waals surface area (Å²) in [6.07, 6.45) is 3.07. The molecule has 4 aromatic rings. The van der Waals surface area contributed by atoms with E-state index in [0.717, 1.165) is 16.6 Å². The van der Waals surface area contributed by atoms with Crippen LogP contribution in [0, 0.1) is 0 Å². The number of halogens is 1. The minimum absolute atomic E-state index is 0.243. The molecule has 2 aromatic heterocycles. The van der Waals surface area contributed by atoms with Crippen molar-refractivity contribution in [3.63, 3.8) is 0 Å². The van der Waals surface area contributed by atoms with E-state index in [2.05, 4.69) is 31.1 Å². The Morgan fingerprint density at radius 3 is 2.62 bits per heavy atom. The largest absolute Gasteiger partial charge is 0.393 e. The Kier molecular flexibility index (Phi) is 5.08. The van der Waals surface area contributed by atoms with Crippen LogP contribution in [-0.4, -0.2) is 20.9 Å². The predicted molar refractivity (Wildman–Crippen MR) is 114 cm³/mol. The van der Waals surface area contributed by atoms with Gasteiger partial charge in [-0.1, -0.05) is 29.8 Å². The lowest BCUT2D eigenvalue weighted by molar-refractivity contribution is 0.0962. The van der Waals surface area contributed by atoms with Gasteiger partial charge in [0, 0.05) is 17.3 Å². The first kappa shape index (κ1) is 18.5. The fraction of sp³-hybridized carbons (Fsp3) is 0. The summed E-state index contributed by atoms with van der Waals surface area (Å²) in [5, 5.41) is 4.46. The molecule has 144 valence electrons. The third-order valence-corrected chi connectivity index (χ3v) is 4.53. The Morgan fingerprint density at radius 1 is 0.931 bits per heavy atom. The number of aromatic nitrogens is 3. The SMILES string of the molecule is Nc1c(NNC(=O)c2ccccc2Cl)ncnc1Nc1cccc2ncccc12. The van der Waals surface area contributed by atoms with E-state index in [4.69, 9.17) is 17.3 Å². The summed E-state index contributed by atoms with van der Waals surface area (Å²) in [5.74, 6) is 0.232. The normalized spacial score (nSPS) is 10.5. The van der Waals surface area contributed by atoms with Gasteiger partial charge in [0.15, 0.2) is 11.6 Å². The molecule has 0 aliphatic rings. The molecule has 0 aliphatic heterocycles. The maximum atomic E-state index is 12.3. The van der Waals surface area contributed by atoms with Crippen molar-refractivity contribution in [3.05, 3.63) is 77.7 Å². The number of hydrazine groups is 1. The predicted octanol–water partition coefficient (Wildman–Crippen LogP) is 3.76. The summed E-state index contributed by atoms with van der Waals surface area (Å²) in [6.45, 7) is 0. The Labute approximate surface area is 171 Å². The van der Waals surface area contributed by atoms with Crippen LogP contribution in [0.3, 0.4) is 0 Å². The van der Waals surface area contributed by atoms with E-state index in [9.17, 15) is 4.79 Å². The summed E-state index contributed by atoms with van der Waals surface area (Å²) in [4.78, 5) is 24.9. The van der Waals surface area contributed by atoms with Crippen molar-refractivity contribution >= 4 is 51.4 Å². The highest BCUT2D eigenvalue weighted by Gasteiger charge is 2.13. The number of nitrogen functional groups attached to an aromatic ring is 1. The second-order valence-electron chi connectivity index (χ2n) is 6.04. The Bertz CT molecular complexity index is 1190. The minimum Gasteiger partial charge on any atom is -0.393 e. The van der Waals surface area contributed by atoms with E-state index >= 15 is 0 Å². The molecule has 0 radical (unpaired) electrons. The summed E-state index contributed by atoms with van der Waals surface area (Å²) in [7, 11) is 0. The Balaban J connectivity index is 1.55. The van der Waals surface area contributed by atoms with Crippen molar-refractivity contribution in [2.24, 2.45) is 0 Å². The van der Waals surface area contributed by atoms with Gasteiger partial charge in [-0.05, 0) is 36.4 Å². The van der Waals surface area contributed by atoms with E-state index < -0.39 is 5.91 Å². The fourth-order valence-corrected chi connectivity index (χ4v) is 2.98. The summed E-state index contributed by atoms with van der Waals surface area (Å²) >= 11 is 6.04. The molecule has 5 N–H and O–H groups in total. The molecule has 0 spiro atoms. The number of benzene rings is 2. The van der Waals surface area contributed by atoms with E-state index in [1.54, 1.807) is 30.5 Å². The number of anilines is 4. The molecule has 29 heavy (non-hydrogen) atoms. The second kappa shape index (κ2) is 7.99. The molecule has 0 saturated heterocycles. The Morgan fingerprint density at radius 2 is 1.76 bits per heavy atom. The molecule has 2 heterocycles. The lowest BCUT2D eigenvalue weighted by Gasteiger charge is -2.14. The number of nitrogens with two attached hydrogens (primary N) is 1. The monoisotopic (exact) mass is 405 g/mol. The first-order valence-corrected chi connectivity index (χ1v) is 9.03. The number of fused-ring (bicyclic) bond motifs is 1. The third-order valence-electron chi connectivity index (χ3n) is 4.20. The van der Waals surface area contributed by atoms with Crippen molar-refractivity contribution < 1.29 is 4.79 Å². The van der Waals surface area contributed by atoms with E-state index in [1.807, 2.05) is 30.3 Å². The molecule has 0 unspecified atom stereocenters. The van der Waals surface area contributed by atoms with Crippen molar-refractivity contribution in [2.75, 3.05) is 16.5 Å². The molecule has 0 saturated carbocycles. The molecule has 0 aliphatic carbocycles. The maximum absolute atomic E-state index is 12.3. The summed E-state index contributed by atoms with van der Waals surface area (Å²) in [6, 6.07) is 16.2. The number of pyridine rings is 1. The van der Waals surface area contributed by atoms with Gasteiger partial charge in [-0.2, -0.15) is 0 Å². The number of nitrogens with one attached hydrogen (secondary N) is 3. The summed E-state index contributed by atoms with van der Waals surface area (Å²) < 4.78 is 0. The number of rotatable bonds is 5. The molecular weight excluding hydrogens is 390 g/mol. The lowest BCUT2D eigenvalue weighted by Crippen LogP contribution is -2.30. The zero-order chi connectivity index (χ0) is 20.2. The van der Waals surface area contributed by atoms with Gasteiger partial charge >= 0.3 is 0 Å². The molecule has 8 nitrogen and oxygen atoms in total. The van der Waals surface area contributed by atoms with Crippen molar-refractivity contribution in [1.29, 1.82) is 0 Å². The number of hydrogen-bond donors (Lipinski definition) is 4. The highest BCUT2D eigenvalue weighted by Crippen LogP contribution is 2.29. The average Bonchev–Trinajstić information content (AvgIpc) is 2.75. The third kappa shape index (κ3) is 3.87. The van der Waals surface area contributed by atoms with Gasteiger partial charge in [-0.3, -0.25) is 20.6 Å². The van der Waals surface area contributed by atoms with Crippen molar-refractivity contribution in [3.8, 4) is 0 Å². The van der Waals surface area contributed by atoms with E-state index in [1.165, 1.54) is 6.33 Å². The quantitative estimate of drug-likeness (QED) is 0.373. The first-order chi connectivity index (χ1) is 14.1. The van der Waals surface area contributed by atoms with Gasteiger partial charge in [-0.25, -0.2) is 9.97 Å². The highest BCUT2D eigenvalue weighted by molar-refractivity contribution is 6.33. The van der Waals surface area contributed by atoms with Gasteiger partial charge < -0.3 is 11.1 Å². The van der Waals surface area contributed by atoms with Crippen LogP contribution in [0.1, 0.15) is 10.4 Å². The number of carbonyl (C=O) groups is 1. The standard InChI is InChI=1S/C20H16ClN7O/c21-14-7-2-1-5-12(14)20(29)28-27-19-17(22)18(24-11-25-19)26-16-9-3-8-15-13(16)6-4-10-23-15/h1-11H,22H2,(H,28,29)(H2,24,25,26,27). The average molecular weight is 406 g/mol. The lowest BCUT2D eigenvalue weighted by atomic mass is 10.2. The number of carbonyl (C=O) groups excluding carboxylic acids is 1. The molecule has 0 atom stereocenters. The highest BCUT2D eigenvalue weighted by atomic mass is 35.5. The number of nitrogens with zero attached hydrogens (tertiary/aromatic N) is 3. The minimum atomic E-state index is -0.414. The fourth-order valence-electron chi connectivity index (χ4n) is 2.76. The second-order valence-corrected chi connectivity index (χ2v) is 6.45. The van der Waals surface area contributed by atoms with E-state index in [-0.39, 0.29) is 11.5 Å². The van der Waals surface area contributed by atoms with Crippen LogP contribution >= 0.6 is 11.6 Å². The van der Waals surface area contributed by atoms with Crippen LogP contribution in [0.4, 0.5) is 23.0 Å². The smallest absolute Gasteiger partial charge is 0.271 e. The van der Waals surface area contributed by atoms with Gasteiger partial charge in [0.2, 0.25) is 0 Å². The van der Waals surface area contributed by atoms with Crippen LogP contribution in [0.2, 0.25) is 5.02 Å². The molecule has 1 amide bonds. The molecule has 9 heteroatoms. The van der Waals surface area contributed by atoms with Crippen molar-refractivity contribution in [2.45, 2.75) is 0 Å². The van der Waals surface area contributed by atoms with Crippen LogP contribution in [0.15, 0.2) is 67.1 Å². The molecule has 4 rings (SSSR count). The van der Waals surface area contributed by atoms with Gasteiger partial charge in [0.25, 0.3) is 5.91 Å². The van der Waals surface area contributed by atoms with Gasteiger partial charge in [0.05, 0.1) is 16.1 Å². The van der Waals surface area contributed by atoms with Crippen LogP contribution in [0.25, 0.3) is 10.9 Å². The van der Waals surface area contributed by atoms with Crippen molar-refractivity contribution in [1.82, 2.24) is 20.4 Å². The van der Waals surface area contributed by atoms with Gasteiger partial charge in [-0.15, -0.1) is 0 Å². The topological polar surface area (TPSA) is 118 Å². The molecule has 0 bridgehead atoms. The van der Waals surface area contributed by atoms with Crippen LogP contribution in [0.5, 0.6) is 0 Å². The zero-order valence-electron chi connectivity index (χ0n) is 15.1. The van der Waals surface area contributed by atoms with Crippen LogP contribution in [-0.2, 0) is 0 Å². The maximum Gasteiger partial charge on any atom is 0.271 e. The summed E-state index contributed by atoms with van der Waals surface area (Å²) in [5.41, 5.74) is 13.7. The first-order valence-electron chi connectivity index (χ1n) is 8.65. The van der Waals surface area contributed by atoms with Crippen LogP contribution < -0.4 is 21.9 Å². The molecule has 0 fully saturated rings. The number of hydrogen-bond acceptors (Lipinski definition) is 7.